The van der Waals surface area contributed by atoms with Crippen LogP contribution in [0.5, 0.6) is 0 Å². The highest BCUT2D eigenvalue weighted by molar-refractivity contribution is 9.10. The van der Waals surface area contributed by atoms with E-state index in [2.05, 4.69) is 37.9 Å². The molecule has 0 saturated carbocycles. The van der Waals surface area contributed by atoms with Crippen LogP contribution in [0.15, 0.2) is 44.7 Å². The summed E-state index contributed by atoms with van der Waals surface area (Å²) in [6.07, 6.45) is -0.0371. The van der Waals surface area contributed by atoms with Crippen molar-refractivity contribution in [1.29, 1.82) is 0 Å². The third-order valence-electron chi connectivity index (χ3n) is 2.48. The van der Waals surface area contributed by atoms with Gasteiger partial charge in [0.2, 0.25) is 0 Å². The molecule has 1 atom stereocenters. The molecule has 1 heterocycles. The smallest absolute Gasteiger partial charge is 0.104 e. The van der Waals surface area contributed by atoms with Crippen LogP contribution in [0.2, 0.25) is 0 Å². The van der Waals surface area contributed by atoms with Crippen molar-refractivity contribution in [2.24, 2.45) is 5.73 Å². The van der Waals surface area contributed by atoms with E-state index in [0.29, 0.717) is 13.2 Å². The minimum absolute atomic E-state index is 0.0371. The molecular weight excluding hydrogens is 378 g/mol. The molecule has 18 heavy (non-hydrogen) atoms. The highest BCUT2D eigenvalue weighted by atomic mass is 79.9. The Hall–Kier alpha value is -0.200. The zero-order chi connectivity index (χ0) is 13.0. The molecule has 2 aromatic rings. The van der Waals surface area contributed by atoms with Crippen LogP contribution < -0.4 is 5.73 Å². The monoisotopic (exact) mass is 389 g/mol. The van der Waals surface area contributed by atoms with Gasteiger partial charge in [-0.05, 0) is 39.7 Å². The Kier molecular flexibility index (Phi) is 5.38. The van der Waals surface area contributed by atoms with Gasteiger partial charge in [0.1, 0.15) is 6.10 Å². The predicted octanol–water partition coefficient (Wildman–Crippen LogP) is 4.49. The van der Waals surface area contributed by atoms with Gasteiger partial charge in [0, 0.05) is 25.7 Å². The maximum absolute atomic E-state index is 5.87. The molecule has 0 aliphatic heterocycles. The molecule has 1 aromatic heterocycles. The number of halogens is 2. The fraction of sp³-hybridized carbons (Fsp3) is 0.231. The first-order chi connectivity index (χ1) is 8.69. The van der Waals surface area contributed by atoms with E-state index in [1.165, 1.54) is 0 Å². The second kappa shape index (κ2) is 6.82. The SMILES string of the molecule is NCC(OCc1ccc(Br)cc1)c1cc(Br)cs1. The van der Waals surface area contributed by atoms with Gasteiger partial charge in [-0.15, -0.1) is 11.3 Å². The third-order valence-corrected chi connectivity index (χ3v) is 4.80. The molecule has 0 fully saturated rings. The van der Waals surface area contributed by atoms with Crippen LogP contribution in [0.3, 0.4) is 0 Å². The fourth-order valence-corrected chi connectivity index (χ4v) is 3.31. The van der Waals surface area contributed by atoms with Gasteiger partial charge in [0.25, 0.3) is 0 Å². The van der Waals surface area contributed by atoms with E-state index in [1.54, 1.807) is 11.3 Å². The average Bonchev–Trinajstić information content (AvgIpc) is 2.79. The number of hydrogen-bond acceptors (Lipinski definition) is 3. The largest absolute Gasteiger partial charge is 0.367 e. The highest BCUT2D eigenvalue weighted by Gasteiger charge is 2.12. The van der Waals surface area contributed by atoms with Gasteiger partial charge in [-0.2, -0.15) is 0 Å². The topological polar surface area (TPSA) is 35.2 Å². The quantitative estimate of drug-likeness (QED) is 0.816. The number of rotatable bonds is 5. The second-order valence-corrected chi connectivity index (χ2v) is 6.60. The molecule has 0 spiro atoms. The van der Waals surface area contributed by atoms with E-state index < -0.39 is 0 Å². The van der Waals surface area contributed by atoms with Crippen LogP contribution in [0.25, 0.3) is 0 Å². The molecule has 2 rings (SSSR count). The van der Waals surface area contributed by atoms with Crippen molar-refractivity contribution in [2.45, 2.75) is 12.7 Å². The first-order valence-electron chi connectivity index (χ1n) is 5.49. The zero-order valence-corrected chi connectivity index (χ0v) is 13.6. The van der Waals surface area contributed by atoms with Crippen LogP contribution in [0.1, 0.15) is 16.5 Å². The Morgan fingerprint density at radius 1 is 1.17 bits per heavy atom. The van der Waals surface area contributed by atoms with Gasteiger partial charge >= 0.3 is 0 Å². The summed E-state index contributed by atoms with van der Waals surface area (Å²) >= 11 is 8.52. The highest BCUT2D eigenvalue weighted by Crippen LogP contribution is 2.28. The van der Waals surface area contributed by atoms with E-state index in [4.69, 9.17) is 10.5 Å². The van der Waals surface area contributed by atoms with Crippen molar-refractivity contribution < 1.29 is 4.74 Å². The van der Waals surface area contributed by atoms with E-state index >= 15 is 0 Å². The lowest BCUT2D eigenvalue weighted by Crippen LogP contribution is -2.14. The Labute approximate surface area is 127 Å². The predicted molar refractivity (Wildman–Crippen MR) is 82.7 cm³/mol. The normalized spacial score (nSPS) is 12.6. The molecule has 0 aliphatic carbocycles. The molecule has 0 saturated heterocycles. The first-order valence-corrected chi connectivity index (χ1v) is 7.95. The number of benzene rings is 1. The van der Waals surface area contributed by atoms with Gasteiger partial charge in [-0.25, -0.2) is 0 Å². The summed E-state index contributed by atoms with van der Waals surface area (Å²) < 4.78 is 8.02. The number of thiophene rings is 1. The lowest BCUT2D eigenvalue weighted by atomic mass is 10.2. The molecule has 1 unspecified atom stereocenters. The van der Waals surface area contributed by atoms with E-state index in [1.807, 2.05) is 29.6 Å². The molecule has 0 aliphatic rings. The molecule has 0 bridgehead atoms. The number of ether oxygens (including phenoxy) is 1. The van der Waals surface area contributed by atoms with Gasteiger partial charge in [0.15, 0.2) is 0 Å². The summed E-state index contributed by atoms with van der Waals surface area (Å²) in [5.41, 5.74) is 6.91. The summed E-state index contributed by atoms with van der Waals surface area (Å²) in [5, 5.41) is 2.04. The minimum atomic E-state index is -0.0371. The molecule has 2 nitrogen and oxygen atoms in total. The lowest BCUT2D eigenvalue weighted by Gasteiger charge is -2.14. The average molecular weight is 391 g/mol. The Morgan fingerprint density at radius 2 is 1.89 bits per heavy atom. The van der Waals surface area contributed by atoms with Crippen LogP contribution >= 0.6 is 43.2 Å². The van der Waals surface area contributed by atoms with Crippen molar-refractivity contribution in [1.82, 2.24) is 0 Å². The van der Waals surface area contributed by atoms with Crippen LogP contribution in [-0.2, 0) is 11.3 Å². The van der Waals surface area contributed by atoms with Crippen LogP contribution in [0, 0.1) is 0 Å². The summed E-state index contributed by atoms with van der Waals surface area (Å²) in [6, 6.07) is 10.2. The van der Waals surface area contributed by atoms with Gasteiger partial charge < -0.3 is 10.5 Å². The van der Waals surface area contributed by atoms with Crippen molar-refractivity contribution in [3.8, 4) is 0 Å². The number of nitrogens with two attached hydrogens (primary N) is 1. The zero-order valence-electron chi connectivity index (χ0n) is 9.61. The lowest BCUT2D eigenvalue weighted by molar-refractivity contribution is 0.0479. The molecule has 0 amide bonds. The van der Waals surface area contributed by atoms with Crippen LogP contribution in [0.4, 0.5) is 0 Å². The van der Waals surface area contributed by atoms with E-state index in [-0.39, 0.29) is 6.10 Å². The van der Waals surface area contributed by atoms with Crippen molar-refractivity contribution in [3.63, 3.8) is 0 Å². The Morgan fingerprint density at radius 3 is 2.44 bits per heavy atom. The fourth-order valence-electron chi connectivity index (χ4n) is 1.54. The van der Waals surface area contributed by atoms with Gasteiger partial charge in [0.05, 0.1) is 6.61 Å². The molecule has 2 N–H and O–H groups in total. The van der Waals surface area contributed by atoms with Gasteiger partial charge in [-0.3, -0.25) is 0 Å². The summed E-state index contributed by atoms with van der Waals surface area (Å²) in [6.45, 7) is 1.06. The third kappa shape index (κ3) is 3.90. The Balaban J connectivity index is 1.97. The van der Waals surface area contributed by atoms with Crippen LogP contribution in [-0.4, -0.2) is 6.54 Å². The van der Waals surface area contributed by atoms with E-state index in [0.717, 1.165) is 19.4 Å². The summed E-state index contributed by atoms with van der Waals surface area (Å²) in [5.74, 6) is 0. The first kappa shape index (κ1) is 14.2. The molecular formula is C13H13Br2NOS. The maximum Gasteiger partial charge on any atom is 0.104 e. The molecule has 0 radical (unpaired) electrons. The molecule has 96 valence electrons. The van der Waals surface area contributed by atoms with Crippen molar-refractivity contribution in [2.75, 3.05) is 6.54 Å². The minimum Gasteiger partial charge on any atom is -0.367 e. The summed E-state index contributed by atoms with van der Waals surface area (Å²) in [4.78, 5) is 1.15. The summed E-state index contributed by atoms with van der Waals surface area (Å²) in [7, 11) is 0. The molecule has 1 aromatic carbocycles. The van der Waals surface area contributed by atoms with Crippen molar-refractivity contribution in [3.05, 3.63) is 55.1 Å². The van der Waals surface area contributed by atoms with Crippen molar-refractivity contribution >= 4 is 43.2 Å². The molecule has 5 heteroatoms. The standard InChI is InChI=1S/C13H13Br2NOS/c14-10-3-1-9(2-4-10)7-17-12(6-16)13-5-11(15)8-18-13/h1-5,8,12H,6-7,16H2. The second-order valence-electron chi connectivity index (χ2n) is 3.83. The maximum atomic E-state index is 5.87. The van der Waals surface area contributed by atoms with E-state index in [9.17, 15) is 0 Å². The number of hydrogen-bond donors (Lipinski definition) is 1. The Bertz CT molecular complexity index is 498. The van der Waals surface area contributed by atoms with Gasteiger partial charge in [-0.1, -0.05) is 28.1 Å².